The minimum Gasteiger partial charge on any atom is -0.391 e. The van der Waals surface area contributed by atoms with Crippen molar-refractivity contribution in [1.82, 2.24) is 5.32 Å². The van der Waals surface area contributed by atoms with E-state index < -0.39 is 5.54 Å². The van der Waals surface area contributed by atoms with E-state index in [0.29, 0.717) is 4.99 Å². The van der Waals surface area contributed by atoms with Crippen LogP contribution in [0.4, 0.5) is 0 Å². The van der Waals surface area contributed by atoms with Gasteiger partial charge in [0, 0.05) is 5.41 Å². The van der Waals surface area contributed by atoms with E-state index in [1.807, 2.05) is 20.8 Å². The van der Waals surface area contributed by atoms with Crippen molar-refractivity contribution in [3.05, 3.63) is 0 Å². The first-order valence-corrected chi connectivity index (χ1v) is 7.87. The zero-order valence-electron chi connectivity index (χ0n) is 12.6. The lowest BCUT2D eigenvalue weighted by molar-refractivity contribution is -0.131. The van der Waals surface area contributed by atoms with Gasteiger partial charge in [-0.15, -0.1) is 0 Å². The first-order chi connectivity index (χ1) is 8.84. The molecule has 1 amide bonds. The highest BCUT2D eigenvalue weighted by Crippen LogP contribution is 2.29. The van der Waals surface area contributed by atoms with Crippen molar-refractivity contribution >= 4 is 23.1 Å². The minimum absolute atomic E-state index is 0.0726. The molecule has 1 fully saturated rings. The van der Waals surface area contributed by atoms with Gasteiger partial charge < -0.3 is 11.1 Å². The van der Waals surface area contributed by atoms with Gasteiger partial charge in [-0.05, 0) is 19.3 Å². The summed E-state index contributed by atoms with van der Waals surface area (Å²) in [7, 11) is 0. The number of rotatable bonds is 4. The fraction of sp³-hybridized carbons (Fsp3) is 0.867. The van der Waals surface area contributed by atoms with Crippen LogP contribution >= 0.6 is 12.2 Å². The summed E-state index contributed by atoms with van der Waals surface area (Å²) in [6, 6.07) is 0. The van der Waals surface area contributed by atoms with Crippen LogP contribution in [0.1, 0.15) is 72.1 Å². The first-order valence-electron chi connectivity index (χ1n) is 7.46. The first kappa shape index (κ1) is 16.4. The maximum absolute atomic E-state index is 12.4. The van der Waals surface area contributed by atoms with Crippen LogP contribution in [-0.2, 0) is 4.79 Å². The monoisotopic (exact) mass is 284 g/mol. The third-order valence-corrected chi connectivity index (χ3v) is 4.92. The predicted molar refractivity (Wildman–Crippen MR) is 84.1 cm³/mol. The minimum atomic E-state index is -0.459. The topological polar surface area (TPSA) is 55.1 Å². The lowest BCUT2D eigenvalue weighted by Crippen LogP contribution is -2.59. The maximum Gasteiger partial charge on any atom is 0.226 e. The Bertz CT molecular complexity index is 331. The van der Waals surface area contributed by atoms with Gasteiger partial charge in [0.05, 0.1) is 10.5 Å². The van der Waals surface area contributed by atoms with Gasteiger partial charge in [0.25, 0.3) is 0 Å². The SMILES string of the molecule is CCC(C)(C)C(=O)NC1(C(N)=S)CCCCCCC1. The summed E-state index contributed by atoms with van der Waals surface area (Å²) < 4.78 is 0. The molecule has 4 heteroatoms. The fourth-order valence-electron chi connectivity index (χ4n) is 2.49. The zero-order valence-corrected chi connectivity index (χ0v) is 13.4. The predicted octanol–water partition coefficient (Wildman–Crippen LogP) is 3.31. The Kier molecular flexibility index (Phi) is 5.78. The van der Waals surface area contributed by atoms with Crippen molar-refractivity contribution in [1.29, 1.82) is 0 Å². The molecule has 0 radical (unpaired) electrons. The molecular weight excluding hydrogens is 256 g/mol. The molecule has 0 atom stereocenters. The Morgan fingerprint density at radius 3 is 2.11 bits per heavy atom. The average Bonchev–Trinajstić information content (AvgIpc) is 2.32. The van der Waals surface area contributed by atoms with Crippen molar-refractivity contribution in [2.24, 2.45) is 11.1 Å². The number of nitrogens with two attached hydrogens (primary N) is 1. The summed E-state index contributed by atoms with van der Waals surface area (Å²) in [5.74, 6) is 0.0726. The second-order valence-corrected chi connectivity index (χ2v) is 6.85. The van der Waals surface area contributed by atoms with Crippen LogP contribution in [-0.4, -0.2) is 16.4 Å². The third-order valence-electron chi connectivity index (χ3n) is 4.53. The van der Waals surface area contributed by atoms with Gasteiger partial charge in [0.2, 0.25) is 5.91 Å². The number of hydrogen-bond acceptors (Lipinski definition) is 2. The van der Waals surface area contributed by atoms with Gasteiger partial charge in [-0.2, -0.15) is 0 Å². The van der Waals surface area contributed by atoms with Gasteiger partial charge in [-0.25, -0.2) is 0 Å². The highest BCUT2D eigenvalue weighted by molar-refractivity contribution is 7.80. The van der Waals surface area contributed by atoms with Crippen LogP contribution in [0, 0.1) is 5.41 Å². The third kappa shape index (κ3) is 4.16. The average molecular weight is 284 g/mol. The van der Waals surface area contributed by atoms with Gasteiger partial charge in [0.1, 0.15) is 0 Å². The van der Waals surface area contributed by atoms with E-state index in [9.17, 15) is 4.79 Å². The summed E-state index contributed by atoms with van der Waals surface area (Å²) in [5, 5.41) is 3.19. The molecule has 1 aliphatic rings. The smallest absolute Gasteiger partial charge is 0.226 e. The second kappa shape index (κ2) is 6.69. The van der Waals surface area contributed by atoms with Gasteiger partial charge >= 0.3 is 0 Å². The number of thiocarbonyl (C=S) groups is 1. The lowest BCUT2D eigenvalue weighted by atomic mass is 9.81. The Morgan fingerprint density at radius 1 is 1.21 bits per heavy atom. The van der Waals surface area contributed by atoms with E-state index in [-0.39, 0.29) is 11.3 Å². The van der Waals surface area contributed by atoms with E-state index in [1.54, 1.807) is 0 Å². The van der Waals surface area contributed by atoms with E-state index in [4.69, 9.17) is 18.0 Å². The number of carbonyl (C=O) groups is 1. The largest absolute Gasteiger partial charge is 0.391 e. The summed E-state index contributed by atoms with van der Waals surface area (Å²) in [4.78, 5) is 12.9. The van der Waals surface area contributed by atoms with E-state index >= 15 is 0 Å². The molecule has 110 valence electrons. The van der Waals surface area contributed by atoms with Crippen molar-refractivity contribution in [3.63, 3.8) is 0 Å². The van der Waals surface area contributed by atoms with Gasteiger partial charge in [-0.1, -0.05) is 65.1 Å². The Hall–Kier alpha value is -0.640. The molecule has 0 bridgehead atoms. The van der Waals surface area contributed by atoms with Crippen molar-refractivity contribution < 1.29 is 4.79 Å². The summed E-state index contributed by atoms with van der Waals surface area (Å²) in [5.41, 5.74) is 5.15. The molecule has 1 aliphatic carbocycles. The molecular formula is C15H28N2OS. The zero-order chi connectivity index (χ0) is 14.5. The van der Waals surface area contributed by atoms with E-state index in [1.165, 1.54) is 19.3 Å². The highest BCUT2D eigenvalue weighted by atomic mass is 32.1. The summed E-state index contributed by atoms with van der Waals surface area (Å²) in [6.07, 6.45) is 8.44. The molecule has 0 saturated heterocycles. The molecule has 0 heterocycles. The maximum atomic E-state index is 12.4. The van der Waals surface area contributed by atoms with Crippen LogP contribution in [0.5, 0.6) is 0 Å². The molecule has 1 rings (SSSR count). The molecule has 0 aromatic carbocycles. The van der Waals surface area contributed by atoms with Crippen LogP contribution < -0.4 is 11.1 Å². The van der Waals surface area contributed by atoms with Crippen molar-refractivity contribution in [3.8, 4) is 0 Å². The molecule has 0 spiro atoms. The van der Waals surface area contributed by atoms with E-state index in [0.717, 1.165) is 32.1 Å². The van der Waals surface area contributed by atoms with Crippen molar-refractivity contribution in [2.75, 3.05) is 0 Å². The van der Waals surface area contributed by atoms with Crippen LogP contribution in [0.3, 0.4) is 0 Å². The molecule has 0 unspecified atom stereocenters. The fourth-order valence-corrected chi connectivity index (χ4v) is 2.74. The van der Waals surface area contributed by atoms with Gasteiger partial charge in [0.15, 0.2) is 0 Å². The number of nitrogens with one attached hydrogen (secondary N) is 1. The number of hydrogen-bond donors (Lipinski definition) is 2. The van der Waals surface area contributed by atoms with Crippen LogP contribution in [0.15, 0.2) is 0 Å². The molecule has 0 aromatic rings. The Morgan fingerprint density at radius 2 is 1.68 bits per heavy atom. The number of amides is 1. The van der Waals surface area contributed by atoms with Crippen LogP contribution in [0.2, 0.25) is 0 Å². The van der Waals surface area contributed by atoms with Gasteiger partial charge in [-0.3, -0.25) is 4.79 Å². The summed E-state index contributed by atoms with van der Waals surface area (Å²) >= 11 is 5.27. The molecule has 0 aromatic heterocycles. The molecule has 3 N–H and O–H groups in total. The standard InChI is InChI=1S/C15H28N2OS/c1-4-14(2,3)13(18)17-15(12(16)19)10-8-6-5-7-9-11-15/h4-11H2,1-3H3,(H2,16,19)(H,17,18). The highest BCUT2D eigenvalue weighted by Gasteiger charge is 2.38. The second-order valence-electron chi connectivity index (χ2n) is 6.41. The Labute approximate surface area is 122 Å². The molecule has 19 heavy (non-hydrogen) atoms. The normalized spacial score (nSPS) is 20.2. The quantitative estimate of drug-likeness (QED) is 0.779. The Balaban J connectivity index is 2.86. The lowest BCUT2D eigenvalue weighted by Gasteiger charge is -2.38. The van der Waals surface area contributed by atoms with Crippen molar-refractivity contribution in [2.45, 2.75) is 77.7 Å². The molecule has 1 saturated carbocycles. The van der Waals surface area contributed by atoms with Crippen LogP contribution in [0.25, 0.3) is 0 Å². The number of carbonyl (C=O) groups excluding carboxylic acids is 1. The molecule has 0 aliphatic heterocycles. The van der Waals surface area contributed by atoms with E-state index in [2.05, 4.69) is 5.32 Å². The molecule has 3 nitrogen and oxygen atoms in total. The summed E-state index contributed by atoms with van der Waals surface area (Å²) in [6.45, 7) is 5.97.